The molecule has 1 aromatic heterocycles. The molecule has 2 aromatic rings. The molecule has 1 aliphatic heterocycles. The second kappa shape index (κ2) is 7.82. The number of aromatic nitrogens is 2. The zero-order valence-electron chi connectivity index (χ0n) is 16.0. The van der Waals surface area contributed by atoms with E-state index < -0.39 is 11.2 Å². The quantitative estimate of drug-likeness (QED) is 0.850. The molecule has 3 rings (SSSR count). The minimum absolute atomic E-state index is 0.000185. The zero-order valence-corrected chi connectivity index (χ0v) is 16.0. The Kier molecular flexibility index (Phi) is 5.48. The first-order valence-corrected chi connectivity index (χ1v) is 9.24. The Labute approximate surface area is 158 Å². The molecule has 7 nitrogen and oxygen atoms in total. The first kappa shape index (κ1) is 18.9. The van der Waals surface area contributed by atoms with Gasteiger partial charge in [0.2, 0.25) is 5.91 Å². The van der Waals surface area contributed by atoms with Crippen LogP contribution in [0.2, 0.25) is 0 Å². The molecule has 1 amide bonds. The molecular formula is C20H26N4O3. The number of anilines is 1. The van der Waals surface area contributed by atoms with Gasteiger partial charge in [0.05, 0.1) is 6.42 Å². The smallest absolute Gasteiger partial charge is 0.328 e. The Balaban J connectivity index is 1.66. The molecule has 2 N–H and O–H groups in total. The standard InChI is InChI=1S/C20H26N4O3/c1-13-6-7-16(9-14(13)2)22-17-5-4-8-24(12-17)18(25)10-15-11-21-20(27)23(3)19(15)26/h6-7,9,11,17,22H,4-5,8,10,12H2,1-3H3,(H,21,27)/t17-/m1/s1. The summed E-state index contributed by atoms with van der Waals surface area (Å²) >= 11 is 0. The summed E-state index contributed by atoms with van der Waals surface area (Å²) < 4.78 is 0.989. The maximum absolute atomic E-state index is 12.7. The predicted octanol–water partition coefficient (Wildman–Crippen LogP) is 1.34. The summed E-state index contributed by atoms with van der Waals surface area (Å²) in [7, 11) is 1.40. The molecule has 0 aliphatic carbocycles. The third-order valence-electron chi connectivity index (χ3n) is 5.25. The number of hydrogen-bond acceptors (Lipinski definition) is 4. The van der Waals surface area contributed by atoms with Crippen LogP contribution >= 0.6 is 0 Å². The van der Waals surface area contributed by atoms with Gasteiger partial charge in [-0.3, -0.25) is 14.2 Å². The highest BCUT2D eigenvalue weighted by Gasteiger charge is 2.24. The number of piperidine rings is 1. The van der Waals surface area contributed by atoms with Crippen molar-refractivity contribution in [3.63, 3.8) is 0 Å². The van der Waals surface area contributed by atoms with Gasteiger partial charge in [0.25, 0.3) is 5.56 Å². The monoisotopic (exact) mass is 370 g/mol. The Morgan fingerprint density at radius 1 is 1.26 bits per heavy atom. The highest BCUT2D eigenvalue weighted by molar-refractivity contribution is 5.78. The molecular weight excluding hydrogens is 344 g/mol. The molecule has 1 atom stereocenters. The number of rotatable bonds is 4. The fourth-order valence-corrected chi connectivity index (χ4v) is 3.40. The molecule has 27 heavy (non-hydrogen) atoms. The molecule has 2 heterocycles. The number of H-pyrrole nitrogens is 1. The van der Waals surface area contributed by atoms with Gasteiger partial charge in [-0.1, -0.05) is 6.07 Å². The van der Waals surface area contributed by atoms with E-state index in [4.69, 9.17) is 0 Å². The minimum Gasteiger partial charge on any atom is -0.381 e. The lowest BCUT2D eigenvalue weighted by Gasteiger charge is -2.34. The summed E-state index contributed by atoms with van der Waals surface area (Å²) in [4.78, 5) is 40.5. The highest BCUT2D eigenvalue weighted by Crippen LogP contribution is 2.19. The lowest BCUT2D eigenvalue weighted by atomic mass is 10.0. The maximum Gasteiger partial charge on any atom is 0.328 e. The van der Waals surface area contributed by atoms with E-state index in [0.717, 1.165) is 23.1 Å². The molecule has 1 fully saturated rings. The van der Waals surface area contributed by atoms with Crippen LogP contribution in [0.1, 0.15) is 29.5 Å². The van der Waals surface area contributed by atoms with E-state index >= 15 is 0 Å². The van der Waals surface area contributed by atoms with Gasteiger partial charge in [-0.05, 0) is 49.9 Å². The fraction of sp³-hybridized carbons (Fsp3) is 0.450. The topological polar surface area (TPSA) is 87.2 Å². The van der Waals surface area contributed by atoms with E-state index in [2.05, 4.69) is 42.3 Å². The van der Waals surface area contributed by atoms with E-state index in [1.165, 1.54) is 24.4 Å². The summed E-state index contributed by atoms with van der Waals surface area (Å²) in [6, 6.07) is 6.46. The molecule has 0 saturated carbocycles. The number of aromatic amines is 1. The van der Waals surface area contributed by atoms with Gasteiger partial charge in [0.1, 0.15) is 0 Å². The average molecular weight is 370 g/mol. The van der Waals surface area contributed by atoms with Gasteiger partial charge in [0, 0.05) is 43.6 Å². The molecule has 0 unspecified atom stereocenters. The number of amides is 1. The van der Waals surface area contributed by atoms with Gasteiger partial charge in [-0.25, -0.2) is 4.79 Å². The first-order chi connectivity index (χ1) is 12.8. The molecule has 0 radical (unpaired) electrons. The van der Waals surface area contributed by atoms with Crippen LogP contribution in [0, 0.1) is 13.8 Å². The Bertz CT molecular complexity index is 960. The lowest BCUT2D eigenvalue weighted by Crippen LogP contribution is -2.46. The number of hydrogen-bond donors (Lipinski definition) is 2. The van der Waals surface area contributed by atoms with Crippen LogP contribution in [0.25, 0.3) is 0 Å². The van der Waals surface area contributed by atoms with Crippen molar-refractivity contribution in [1.82, 2.24) is 14.5 Å². The molecule has 1 saturated heterocycles. The van der Waals surface area contributed by atoms with Crippen molar-refractivity contribution in [2.45, 2.75) is 39.2 Å². The van der Waals surface area contributed by atoms with Gasteiger partial charge in [0.15, 0.2) is 0 Å². The van der Waals surface area contributed by atoms with Crippen molar-refractivity contribution in [1.29, 1.82) is 0 Å². The van der Waals surface area contributed by atoms with Crippen molar-refractivity contribution >= 4 is 11.6 Å². The van der Waals surface area contributed by atoms with E-state index in [-0.39, 0.29) is 18.4 Å². The molecule has 1 aromatic carbocycles. The van der Waals surface area contributed by atoms with Crippen molar-refractivity contribution < 1.29 is 4.79 Å². The van der Waals surface area contributed by atoms with Crippen LogP contribution in [0.3, 0.4) is 0 Å². The molecule has 7 heteroatoms. The van der Waals surface area contributed by atoms with Crippen LogP contribution in [0.15, 0.2) is 34.0 Å². The number of aryl methyl sites for hydroxylation is 2. The Morgan fingerprint density at radius 2 is 2.04 bits per heavy atom. The normalized spacial score (nSPS) is 17.0. The van der Waals surface area contributed by atoms with Crippen molar-refractivity contribution in [3.05, 3.63) is 61.9 Å². The number of likely N-dealkylation sites (tertiary alicyclic amines) is 1. The van der Waals surface area contributed by atoms with Crippen molar-refractivity contribution in [2.75, 3.05) is 18.4 Å². The third kappa shape index (κ3) is 4.30. The number of benzene rings is 1. The van der Waals surface area contributed by atoms with E-state index in [1.54, 1.807) is 4.90 Å². The van der Waals surface area contributed by atoms with Gasteiger partial charge < -0.3 is 15.2 Å². The maximum atomic E-state index is 12.7. The number of nitrogens with zero attached hydrogens (tertiary/aromatic N) is 2. The first-order valence-electron chi connectivity index (χ1n) is 9.24. The molecule has 0 spiro atoms. The SMILES string of the molecule is Cc1ccc(N[C@@H]2CCCN(C(=O)Cc3c[nH]c(=O)n(C)c3=O)C2)cc1C. The van der Waals surface area contributed by atoms with Crippen molar-refractivity contribution in [2.24, 2.45) is 7.05 Å². The Morgan fingerprint density at radius 3 is 2.78 bits per heavy atom. The van der Waals surface area contributed by atoms with Crippen molar-refractivity contribution in [3.8, 4) is 0 Å². The largest absolute Gasteiger partial charge is 0.381 e. The van der Waals surface area contributed by atoms with Crippen LogP contribution in [0.5, 0.6) is 0 Å². The summed E-state index contributed by atoms with van der Waals surface area (Å²) in [5, 5.41) is 3.52. The molecule has 1 aliphatic rings. The van der Waals surface area contributed by atoms with Crippen LogP contribution in [0.4, 0.5) is 5.69 Å². The van der Waals surface area contributed by atoms with Gasteiger partial charge in [-0.15, -0.1) is 0 Å². The summed E-state index contributed by atoms with van der Waals surface area (Å²) in [5.41, 5.74) is 2.96. The Hall–Kier alpha value is -2.83. The predicted molar refractivity (Wildman–Crippen MR) is 105 cm³/mol. The lowest BCUT2D eigenvalue weighted by molar-refractivity contribution is -0.131. The van der Waals surface area contributed by atoms with Gasteiger partial charge >= 0.3 is 5.69 Å². The van der Waals surface area contributed by atoms with Crippen LogP contribution < -0.4 is 16.6 Å². The minimum atomic E-state index is -0.480. The van der Waals surface area contributed by atoms with Gasteiger partial charge in [-0.2, -0.15) is 0 Å². The average Bonchev–Trinajstić information content (AvgIpc) is 2.65. The van der Waals surface area contributed by atoms with E-state index in [9.17, 15) is 14.4 Å². The summed E-state index contributed by atoms with van der Waals surface area (Å²) in [6.45, 7) is 5.46. The summed E-state index contributed by atoms with van der Waals surface area (Å²) in [6.07, 6.45) is 3.26. The number of nitrogens with one attached hydrogen (secondary N) is 2. The third-order valence-corrected chi connectivity index (χ3v) is 5.25. The fourth-order valence-electron chi connectivity index (χ4n) is 3.40. The van der Waals surface area contributed by atoms with Crippen LogP contribution in [-0.2, 0) is 18.3 Å². The molecule has 144 valence electrons. The zero-order chi connectivity index (χ0) is 19.6. The molecule has 0 bridgehead atoms. The second-order valence-corrected chi connectivity index (χ2v) is 7.28. The van der Waals surface area contributed by atoms with E-state index in [0.29, 0.717) is 18.7 Å². The number of carbonyl (C=O) groups excluding carboxylic acids is 1. The number of carbonyl (C=O) groups is 1. The van der Waals surface area contributed by atoms with Crippen LogP contribution in [-0.4, -0.2) is 39.5 Å². The summed E-state index contributed by atoms with van der Waals surface area (Å²) in [5.74, 6) is -0.0919. The van der Waals surface area contributed by atoms with E-state index in [1.807, 2.05) is 0 Å². The second-order valence-electron chi connectivity index (χ2n) is 7.28. The highest BCUT2D eigenvalue weighted by atomic mass is 16.2.